The number of hydrogen-bond donors (Lipinski definition) is 0. The summed E-state index contributed by atoms with van der Waals surface area (Å²) in [6.45, 7) is 0. The van der Waals surface area contributed by atoms with Crippen molar-refractivity contribution in [2.75, 3.05) is 20.1 Å². The average molecular weight is 281 g/mol. The van der Waals surface area contributed by atoms with E-state index in [0.717, 1.165) is 4.90 Å². The molecule has 1 atom stereocenters. The smallest absolute Gasteiger partial charge is 0.311 e. The fourth-order valence-electron chi connectivity index (χ4n) is 1.15. The Labute approximate surface area is 105 Å². The molecular weight excluding hydrogens is 267 g/mol. The van der Waals surface area contributed by atoms with Crippen LogP contribution in [0, 0.1) is 0 Å². The molecule has 0 fully saturated rings. The second kappa shape index (κ2) is 6.67. The maximum absolute atomic E-state index is 12.1. The minimum absolute atomic E-state index is 0.207. The lowest BCUT2D eigenvalue weighted by molar-refractivity contribution is 0.275. The number of hydrogen-bond acceptors (Lipinski definition) is 4. The highest BCUT2D eigenvalue weighted by molar-refractivity contribution is 8.05. The third-order valence-electron chi connectivity index (χ3n) is 2.01. The lowest BCUT2D eigenvalue weighted by atomic mass is 10.4. The van der Waals surface area contributed by atoms with E-state index >= 15 is 0 Å². The minimum Gasteiger partial charge on any atom is -0.311 e. The molecule has 0 radical (unpaired) electrons. The van der Waals surface area contributed by atoms with E-state index in [0.29, 0.717) is 0 Å². The average Bonchev–Trinajstić information content (AvgIpc) is 2.36. The Balaban J connectivity index is 2.80. The van der Waals surface area contributed by atoms with E-state index in [1.54, 1.807) is 0 Å². The largest absolute Gasteiger partial charge is 0.344 e. The maximum Gasteiger partial charge on any atom is 0.344 e. The Hall–Kier alpha value is 0.01000. The quantitative estimate of drug-likeness (QED) is 0.451. The van der Waals surface area contributed by atoms with Crippen molar-refractivity contribution >= 4 is 31.0 Å². The van der Waals surface area contributed by atoms with Crippen molar-refractivity contribution in [3.05, 3.63) is 30.3 Å². The lowest BCUT2D eigenvalue weighted by Gasteiger charge is -2.21. The molecule has 0 bridgehead atoms. The SMILES string of the molecule is COP(=O)(OC)C(CCl)Sc1ccccc1. The second-order valence-corrected chi connectivity index (χ2v) is 7.31. The molecule has 0 aliphatic heterocycles. The molecule has 0 heterocycles. The Kier molecular flexibility index (Phi) is 5.87. The Bertz CT molecular complexity index is 352. The predicted molar refractivity (Wildman–Crippen MR) is 68.4 cm³/mol. The highest BCUT2D eigenvalue weighted by Crippen LogP contribution is 2.57. The normalized spacial score (nSPS) is 13.7. The van der Waals surface area contributed by atoms with Crippen molar-refractivity contribution in [3.63, 3.8) is 0 Å². The zero-order chi connectivity index (χ0) is 12.0. The molecule has 16 heavy (non-hydrogen) atoms. The lowest BCUT2D eigenvalue weighted by Crippen LogP contribution is -2.08. The molecule has 1 rings (SSSR count). The Morgan fingerprint density at radius 2 is 1.88 bits per heavy atom. The van der Waals surface area contributed by atoms with Gasteiger partial charge < -0.3 is 9.05 Å². The van der Waals surface area contributed by atoms with E-state index in [9.17, 15) is 4.57 Å². The van der Waals surface area contributed by atoms with Gasteiger partial charge >= 0.3 is 7.60 Å². The van der Waals surface area contributed by atoms with Crippen LogP contribution in [-0.2, 0) is 13.6 Å². The number of halogens is 1. The molecule has 0 aliphatic carbocycles. The fourth-order valence-corrected chi connectivity index (χ4v) is 4.72. The van der Waals surface area contributed by atoms with Gasteiger partial charge in [0.05, 0.1) is 0 Å². The van der Waals surface area contributed by atoms with Crippen molar-refractivity contribution < 1.29 is 13.6 Å². The highest BCUT2D eigenvalue weighted by atomic mass is 35.5. The first-order valence-corrected chi connectivity index (χ1v) is 7.67. The summed E-state index contributed by atoms with van der Waals surface area (Å²) >= 11 is 7.21. The van der Waals surface area contributed by atoms with E-state index in [1.807, 2.05) is 30.3 Å². The Morgan fingerprint density at radius 3 is 2.31 bits per heavy atom. The van der Waals surface area contributed by atoms with Crippen LogP contribution in [0.15, 0.2) is 35.2 Å². The number of benzene rings is 1. The summed E-state index contributed by atoms with van der Waals surface area (Å²) in [6, 6.07) is 9.61. The van der Waals surface area contributed by atoms with E-state index in [2.05, 4.69) is 0 Å². The molecule has 6 heteroatoms. The molecule has 1 aromatic carbocycles. The standard InChI is InChI=1S/C10H14ClO3PS/c1-13-15(12,14-2)10(8-11)16-9-6-4-3-5-7-9/h3-7,10H,8H2,1-2H3. The van der Waals surface area contributed by atoms with Crippen LogP contribution in [0.2, 0.25) is 0 Å². The molecule has 0 saturated carbocycles. The van der Waals surface area contributed by atoms with Gasteiger partial charge in [0.15, 0.2) is 0 Å². The van der Waals surface area contributed by atoms with E-state index in [1.165, 1.54) is 26.0 Å². The van der Waals surface area contributed by atoms with Crippen molar-refractivity contribution in [1.82, 2.24) is 0 Å². The van der Waals surface area contributed by atoms with Crippen molar-refractivity contribution in [3.8, 4) is 0 Å². The zero-order valence-electron chi connectivity index (χ0n) is 9.13. The maximum atomic E-state index is 12.1. The van der Waals surface area contributed by atoms with Crippen molar-refractivity contribution in [1.29, 1.82) is 0 Å². The van der Waals surface area contributed by atoms with Crippen molar-refractivity contribution in [2.24, 2.45) is 0 Å². The summed E-state index contributed by atoms with van der Waals surface area (Å²) in [4.78, 5) is 0.592. The molecule has 1 unspecified atom stereocenters. The van der Waals surface area contributed by atoms with E-state index in [4.69, 9.17) is 20.6 Å². The fraction of sp³-hybridized carbons (Fsp3) is 0.400. The molecule has 0 saturated heterocycles. The van der Waals surface area contributed by atoms with Crippen LogP contribution >= 0.6 is 31.0 Å². The number of alkyl halides is 1. The topological polar surface area (TPSA) is 35.5 Å². The summed E-state index contributed by atoms with van der Waals surface area (Å²) in [6.07, 6.45) is 0. The minimum atomic E-state index is -3.13. The summed E-state index contributed by atoms with van der Waals surface area (Å²) < 4.78 is 22.0. The predicted octanol–water partition coefficient (Wildman–Crippen LogP) is 3.83. The summed E-state index contributed by atoms with van der Waals surface area (Å²) in [5, 5.41) is 0. The monoisotopic (exact) mass is 280 g/mol. The van der Waals surface area contributed by atoms with Gasteiger partial charge in [-0.15, -0.1) is 23.4 Å². The van der Waals surface area contributed by atoms with Crippen LogP contribution < -0.4 is 0 Å². The first kappa shape index (κ1) is 14.1. The van der Waals surface area contributed by atoms with Gasteiger partial charge in [0.2, 0.25) is 0 Å². The highest BCUT2D eigenvalue weighted by Gasteiger charge is 2.34. The van der Waals surface area contributed by atoms with Crippen molar-refractivity contribution in [2.45, 2.75) is 9.89 Å². The van der Waals surface area contributed by atoms with Gasteiger partial charge in [0.1, 0.15) is 4.99 Å². The van der Waals surface area contributed by atoms with Crippen LogP contribution in [0.1, 0.15) is 0 Å². The van der Waals surface area contributed by atoms with Gasteiger partial charge in [-0.25, -0.2) is 0 Å². The molecule has 3 nitrogen and oxygen atoms in total. The molecule has 90 valence electrons. The van der Waals surface area contributed by atoms with Gasteiger partial charge in [0, 0.05) is 25.0 Å². The molecule has 0 aliphatic rings. The van der Waals surface area contributed by atoms with Crippen LogP contribution in [-0.4, -0.2) is 25.1 Å². The molecule has 1 aromatic rings. The molecule has 0 amide bonds. The van der Waals surface area contributed by atoms with Gasteiger partial charge in [0.25, 0.3) is 0 Å². The summed E-state index contributed by atoms with van der Waals surface area (Å²) in [5.74, 6) is 0.207. The van der Waals surface area contributed by atoms with Gasteiger partial charge in [-0.05, 0) is 12.1 Å². The molecular formula is C10H14ClO3PS. The third kappa shape index (κ3) is 3.51. The van der Waals surface area contributed by atoms with E-state index < -0.39 is 12.6 Å². The first-order valence-electron chi connectivity index (χ1n) is 4.65. The van der Waals surface area contributed by atoms with Gasteiger partial charge in [-0.2, -0.15) is 0 Å². The molecule has 0 N–H and O–H groups in total. The molecule has 0 aromatic heterocycles. The van der Waals surface area contributed by atoms with Gasteiger partial charge in [-0.1, -0.05) is 18.2 Å². The van der Waals surface area contributed by atoms with Crippen LogP contribution in [0.4, 0.5) is 0 Å². The van der Waals surface area contributed by atoms with Crippen LogP contribution in [0.3, 0.4) is 0 Å². The van der Waals surface area contributed by atoms with Crippen LogP contribution in [0.25, 0.3) is 0 Å². The second-order valence-electron chi connectivity index (χ2n) is 2.94. The third-order valence-corrected chi connectivity index (χ3v) is 6.70. The Morgan fingerprint density at radius 1 is 1.31 bits per heavy atom. The number of thioether (sulfide) groups is 1. The van der Waals surface area contributed by atoms with Gasteiger partial charge in [-0.3, -0.25) is 4.57 Å². The number of rotatable bonds is 6. The summed E-state index contributed by atoms with van der Waals surface area (Å²) in [5.41, 5.74) is 0. The first-order chi connectivity index (χ1) is 7.66. The van der Waals surface area contributed by atoms with Crippen LogP contribution in [0.5, 0.6) is 0 Å². The molecule has 0 spiro atoms. The van der Waals surface area contributed by atoms with E-state index in [-0.39, 0.29) is 5.88 Å². The zero-order valence-corrected chi connectivity index (χ0v) is 11.6. The summed E-state index contributed by atoms with van der Waals surface area (Å²) in [7, 11) is -0.385.